The summed E-state index contributed by atoms with van der Waals surface area (Å²) in [5, 5.41) is 0.287. The van der Waals surface area contributed by atoms with E-state index in [4.69, 9.17) is 23.2 Å². The summed E-state index contributed by atoms with van der Waals surface area (Å²) in [6, 6.07) is 6.59. The fourth-order valence-electron chi connectivity index (χ4n) is 1.47. The third kappa shape index (κ3) is 3.68. The van der Waals surface area contributed by atoms with Gasteiger partial charge in [-0.2, -0.15) is 0 Å². The Morgan fingerprint density at radius 3 is 2.48 bits per heavy atom. The summed E-state index contributed by atoms with van der Waals surface area (Å²) in [6.07, 6.45) is 1.38. The van der Waals surface area contributed by atoms with Crippen LogP contribution >= 0.6 is 23.2 Å². The molecule has 0 fully saturated rings. The number of carbonyl (C=O) groups is 2. The number of hydrazine groups is 1. The van der Waals surface area contributed by atoms with Gasteiger partial charge in [-0.1, -0.05) is 23.2 Å². The molecule has 0 spiro atoms. The van der Waals surface area contributed by atoms with Crippen molar-refractivity contribution in [3.63, 3.8) is 0 Å². The van der Waals surface area contributed by atoms with Gasteiger partial charge in [0.15, 0.2) is 0 Å². The van der Waals surface area contributed by atoms with Gasteiger partial charge in [-0.15, -0.1) is 0 Å². The molecule has 1 heterocycles. The fraction of sp³-hybridized carbons (Fsp3) is 0. The third-order valence-electron chi connectivity index (χ3n) is 2.44. The number of halogens is 3. The van der Waals surface area contributed by atoms with Gasteiger partial charge >= 0.3 is 0 Å². The van der Waals surface area contributed by atoms with Crippen LogP contribution in [0.1, 0.15) is 20.8 Å². The monoisotopic (exact) mass is 327 g/mol. The molecule has 2 rings (SSSR count). The number of nitrogens with one attached hydrogen (secondary N) is 2. The van der Waals surface area contributed by atoms with Crippen molar-refractivity contribution in [3.8, 4) is 0 Å². The maximum Gasteiger partial charge on any atom is 0.289 e. The summed E-state index contributed by atoms with van der Waals surface area (Å²) in [5.41, 5.74) is 3.84. The standard InChI is InChI=1S/C13H8Cl2FN3O2/c14-7-3-4-8(10(16)6-7)12(20)18-19-13(21)11-9(15)2-1-5-17-11/h1-6H,(H,18,20)(H,19,21). The van der Waals surface area contributed by atoms with Gasteiger partial charge in [-0.25, -0.2) is 9.37 Å². The molecule has 0 bridgehead atoms. The number of benzene rings is 1. The Bertz CT molecular complexity index is 710. The Balaban J connectivity index is 2.04. The van der Waals surface area contributed by atoms with Crippen LogP contribution in [0.15, 0.2) is 36.5 Å². The lowest BCUT2D eigenvalue weighted by Gasteiger charge is -2.08. The fourth-order valence-corrected chi connectivity index (χ4v) is 1.83. The van der Waals surface area contributed by atoms with Crippen LogP contribution in [0.3, 0.4) is 0 Å². The highest BCUT2D eigenvalue weighted by Crippen LogP contribution is 2.14. The number of nitrogens with zero attached hydrogens (tertiary/aromatic N) is 1. The Hall–Kier alpha value is -2.18. The summed E-state index contributed by atoms with van der Waals surface area (Å²) in [4.78, 5) is 27.3. The minimum Gasteiger partial charge on any atom is -0.267 e. The zero-order valence-electron chi connectivity index (χ0n) is 10.4. The second kappa shape index (κ2) is 6.51. The minimum atomic E-state index is -0.829. The highest BCUT2D eigenvalue weighted by atomic mass is 35.5. The van der Waals surface area contributed by atoms with Crippen LogP contribution in [-0.4, -0.2) is 16.8 Å². The first-order valence-electron chi connectivity index (χ1n) is 5.65. The third-order valence-corrected chi connectivity index (χ3v) is 2.98. The predicted molar refractivity (Wildman–Crippen MR) is 75.6 cm³/mol. The number of aromatic nitrogens is 1. The number of hydrogen-bond acceptors (Lipinski definition) is 3. The van der Waals surface area contributed by atoms with Gasteiger partial charge in [0, 0.05) is 11.2 Å². The molecule has 0 aliphatic heterocycles. The van der Waals surface area contributed by atoms with Gasteiger partial charge in [-0.3, -0.25) is 20.4 Å². The molecule has 0 radical (unpaired) electrons. The molecular formula is C13H8Cl2FN3O2. The predicted octanol–water partition coefficient (Wildman–Crippen LogP) is 2.60. The van der Waals surface area contributed by atoms with Crippen LogP contribution in [-0.2, 0) is 0 Å². The lowest BCUT2D eigenvalue weighted by Crippen LogP contribution is -2.42. The first kappa shape index (κ1) is 15.2. The molecular weight excluding hydrogens is 320 g/mol. The van der Waals surface area contributed by atoms with Crippen molar-refractivity contribution in [1.29, 1.82) is 0 Å². The van der Waals surface area contributed by atoms with Crippen LogP contribution in [0.2, 0.25) is 10.0 Å². The van der Waals surface area contributed by atoms with E-state index in [2.05, 4.69) is 15.8 Å². The number of amides is 2. The lowest BCUT2D eigenvalue weighted by molar-refractivity contribution is 0.0841. The molecule has 0 saturated carbocycles. The maximum atomic E-state index is 13.5. The van der Waals surface area contributed by atoms with Crippen molar-refractivity contribution < 1.29 is 14.0 Å². The molecule has 2 N–H and O–H groups in total. The van der Waals surface area contributed by atoms with Crippen LogP contribution < -0.4 is 10.9 Å². The molecule has 21 heavy (non-hydrogen) atoms. The molecule has 8 heteroatoms. The first-order valence-corrected chi connectivity index (χ1v) is 6.41. The highest BCUT2D eigenvalue weighted by molar-refractivity contribution is 6.33. The molecule has 1 aromatic carbocycles. The minimum absolute atomic E-state index is 0.0592. The molecule has 1 aromatic heterocycles. The number of carbonyl (C=O) groups excluding carboxylic acids is 2. The zero-order chi connectivity index (χ0) is 15.4. The molecule has 0 unspecified atom stereocenters. The molecule has 0 saturated heterocycles. The Kier molecular flexibility index (Phi) is 4.72. The van der Waals surface area contributed by atoms with Crippen molar-refractivity contribution >= 4 is 35.0 Å². The Labute approximate surface area is 129 Å². The largest absolute Gasteiger partial charge is 0.289 e. The van der Waals surface area contributed by atoms with Crippen LogP contribution in [0.25, 0.3) is 0 Å². The Morgan fingerprint density at radius 2 is 1.81 bits per heavy atom. The van der Waals surface area contributed by atoms with Crippen molar-refractivity contribution in [2.45, 2.75) is 0 Å². The average Bonchev–Trinajstić information content (AvgIpc) is 2.45. The number of rotatable bonds is 2. The summed E-state index contributed by atoms with van der Waals surface area (Å²) in [6.45, 7) is 0. The maximum absolute atomic E-state index is 13.5. The van der Waals surface area contributed by atoms with Crippen LogP contribution in [0.5, 0.6) is 0 Å². The second-order valence-corrected chi connectivity index (χ2v) is 4.71. The Morgan fingerprint density at radius 1 is 1.10 bits per heavy atom. The van der Waals surface area contributed by atoms with E-state index < -0.39 is 17.6 Å². The van der Waals surface area contributed by atoms with Gasteiger partial charge in [0.2, 0.25) is 0 Å². The molecule has 2 aromatic rings. The molecule has 0 aliphatic carbocycles. The summed E-state index contributed by atoms with van der Waals surface area (Å²) in [5.74, 6) is -2.35. The molecule has 108 valence electrons. The van der Waals surface area contributed by atoms with Gasteiger partial charge < -0.3 is 0 Å². The van der Waals surface area contributed by atoms with Crippen molar-refractivity contribution in [2.75, 3.05) is 0 Å². The van der Waals surface area contributed by atoms with E-state index >= 15 is 0 Å². The molecule has 2 amide bonds. The number of hydrogen-bond donors (Lipinski definition) is 2. The summed E-state index contributed by atoms with van der Waals surface area (Å²) < 4.78 is 13.5. The van der Waals surface area contributed by atoms with Crippen molar-refractivity contribution in [2.24, 2.45) is 0 Å². The summed E-state index contributed by atoms with van der Waals surface area (Å²) in [7, 11) is 0. The van der Waals surface area contributed by atoms with E-state index in [0.717, 1.165) is 6.07 Å². The van der Waals surface area contributed by atoms with Crippen LogP contribution in [0.4, 0.5) is 4.39 Å². The van der Waals surface area contributed by atoms with E-state index in [1.165, 1.54) is 24.4 Å². The van der Waals surface area contributed by atoms with Gasteiger partial charge in [0.05, 0.1) is 10.6 Å². The van der Waals surface area contributed by atoms with Crippen molar-refractivity contribution in [3.05, 3.63) is 63.6 Å². The first-order chi connectivity index (χ1) is 9.99. The van der Waals surface area contributed by atoms with E-state index in [1.807, 2.05) is 0 Å². The zero-order valence-corrected chi connectivity index (χ0v) is 11.9. The highest BCUT2D eigenvalue weighted by Gasteiger charge is 2.15. The van der Waals surface area contributed by atoms with E-state index in [-0.39, 0.29) is 21.3 Å². The average molecular weight is 328 g/mol. The normalized spacial score (nSPS) is 10.0. The number of pyridine rings is 1. The second-order valence-electron chi connectivity index (χ2n) is 3.87. The SMILES string of the molecule is O=C(NNC(=O)c1ncccc1Cl)c1ccc(Cl)cc1F. The summed E-state index contributed by atoms with van der Waals surface area (Å²) >= 11 is 11.4. The molecule has 0 atom stereocenters. The topological polar surface area (TPSA) is 71.1 Å². The smallest absolute Gasteiger partial charge is 0.267 e. The van der Waals surface area contributed by atoms with Crippen molar-refractivity contribution in [1.82, 2.24) is 15.8 Å². The quantitative estimate of drug-likeness (QED) is 0.833. The van der Waals surface area contributed by atoms with Gasteiger partial charge in [0.25, 0.3) is 11.8 Å². The lowest BCUT2D eigenvalue weighted by atomic mass is 10.2. The van der Waals surface area contributed by atoms with E-state index in [1.54, 1.807) is 6.07 Å². The van der Waals surface area contributed by atoms with E-state index in [0.29, 0.717) is 0 Å². The molecule has 5 nitrogen and oxygen atoms in total. The van der Waals surface area contributed by atoms with Gasteiger partial charge in [0.1, 0.15) is 11.5 Å². The van der Waals surface area contributed by atoms with E-state index in [9.17, 15) is 14.0 Å². The van der Waals surface area contributed by atoms with Gasteiger partial charge in [-0.05, 0) is 30.3 Å². The van der Waals surface area contributed by atoms with Crippen LogP contribution in [0, 0.1) is 5.82 Å². The molecule has 0 aliphatic rings.